The van der Waals surface area contributed by atoms with Crippen LogP contribution in [-0.2, 0) is 4.74 Å². The summed E-state index contributed by atoms with van der Waals surface area (Å²) in [6.45, 7) is 3.66. The molecule has 0 atom stereocenters. The van der Waals surface area contributed by atoms with Crippen LogP contribution >= 0.6 is 12.2 Å². The molecule has 1 aromatic carbocycles. The molecule has 0 saturated heterocycles. The number of rotatable bonds is 5. The number of nitrogens with zero attached hydrogens (tertiary/aromatic N) is 3. The maximum absolute atomic E-state index is 12.3. The summed E-state index contributed by atoms with van der Waals surface area (Å²) >= 11 is 5.34. The lowest BCUT2D eigenvalue weighted by atomic mass is 9.89. The summed E-state index contributed by atoms with van der Waals surface area (Å²) in [4.78, 5) is 12.3. The second-order valence-corrected chi connectivity index (χ2v) is 7.21. The highest BCUT2D eigenvalue weighted by Gasteiger charge is 2.21. The molecule has 3 rings (SSSR count). The number of nitrogens with one attached hydrogen (secondary N) is 1. The van der Waals surface area contributed by atoms with Crippen LogP contribution in [-0.4, -0.2) is 33.2 Å². The molecule has 1 aliphatic carbocycles. The number of aromatic amines is 1. The first kappa shape index (κ1) is 18.5. The molecule has 0 bridgehead atoms. The van der Waals surface area contributed by atoms with Gasteiger partial charge in [0.15, 0.2) is 5.82 Å². The highest BCUT2D eigenvalue weighted by atomic mass is 32.1. The van der Waals surface area contributed by atoms with Gasteiger partial charge in [-0.2, -0.15) is 14.9 Å². The minimum atomic E-state index is -0.356. The van der Waals surface area contributed by atoms with Gasteiger partial charge in [-0.05, 0) is 45.0 Å². The average Bonchev–Trinajstić information content (AvgIpc) is 3.01. The second-order valence-electron chi connectivity index (χ2n) is 6.82. The first-order valence-corrected chi connectivity index (χ1v) is 9.48. The Kier molecular flexibility index (Phi) is 5.98. The van der Waals surface area contributed by atoms with Crippen LogP contribution in [0, 0.1) is 4.77 Å². The standard InChI is InChI=1S/C19H24N4O2S/c1-13(2)25-18(24)16-11-7-6-10-15(16)12-20-23-17(21-22-19(23)26)14-8-4-3-5-9-14/h6-7,10-14H,3-5,8-9H2,1-2H3,(H,22,26)/b20-12-. The van der Waals surface area contributed by atoms with E-state index in [1.54, 1.807) is 17.0 Å². The Morgan fingerprint density at radius 3 is 2.81 bits per heavy atom. The molecule has 7 heteroatoms. The van der Waals surface area contributed by atoms with Crippen LogP contribution in [0.2, 0.25) is 0 Å². The Morgan fingerprint density at radius 1 is 1.35 bits per heavy atom. The van der Waals surface area contributed by atoms with Crippen LogP contribution in [0.4, 0.5) is 0 Å². The summed E-state index contributed by atoms with van der Waals surface area (Å²) in [5.74, 6) is 0.883. The smallest absolute Gasteiger partial charge is 0.339 e. The Morgan fingerprint density at radius 2 is 2.08 bits per heavy atom. The van der Waals surface area contributed by atoms with Crippen LogP contribution < -0.4 is 0 Å². The van der Waals surface area contributed by atoms with Crippen molar-refractivity contribution in [2.24, 2.45) is 5.10 Å². The number of hydrogen-bond acceptors (Lipinski definition) is 5. The van der Waals surface area contributed by atoms with Crippen molar-refractivity contribution in [1.82, 2.24) is 14.9 Å². The van der Waals surface area contributed by atoms with Gasteiger partial charge < -0.3 is 4.74 Å². The molecular weight excluding hydrogens is 348 g/mol. The Labute approximate surface area is 158 Å². The van der Waals surface area contributed by atoms with Gasteiger partial charge in [0, 0.05) is 11.5 Å². The van der Waals surface area contributed by atoms with E-state index in [0.717, 1.165) is 18.7 Å². The van der Waals surface area contributed by atoms with E-state index in [0.29, 0.717) is 21.8 Å². The maximum atomic E-state index is 12.3. The lowest BCUT2D eigenvalue weighted by Crippen LogP contribution is -2.14. The molecule has 1 N–H and O–H groups in total. The fourth-order valence-corrected chi connectivity index (χ4v) is 3.42. The lowest BCUT2D eigenvalue weighted by Gasteiger charge is -2.19. The number of esters is 1. The first-order valence-electron chi connectivity index (χ1n) is 9.08. The molecule has 2 aromatic rings. The van der Waals surface area contributed by atoms with Gasteiger partial charge in [0.05, 0.1) is 17.9 Å². The Balaban J connectivity index is 1.88. The van der Waals surface area contributed by atoms with Gasteiger partial charge in [0.25, 0.3) is 0 Å². The molecule has 1 fully saturated rings. The zero-order valence-electron chi connectivity index (χ0n) is 15.1. The normalized spacial score (nSPS) is 15.7. The molecule has 1 heterocycles. The molecule has 1 saturated carbocycles. The van der Waals surface area contributed by atoms with Gasteiger partial charge >= 0.3 is 5.97 Å². The summed E-state index contributed by atoms with van der Waals surface area (Å²) in [6.07, 6.45) is 7.37. The number of ether oxygens (including phenoxy) is 1. The maximum Gasteiger partial charge on any atom is 0.339 e. The fourth-order valence-electron chi connectivity index (χ4n) is 3.23. The number of carbonyl (C=O) groups is 1. The predicted octanol–water partition coefficient (Wildman–Crippen LogP) is 4.44. The zero-order chi connectivity index (χ0) is 18.5. The van der Waals surface area contributed by atoms with Gasteiger partial charge in [-0.15, -0.1) is 0 Å². The first-order chi connectivity index (χ1) is 12.6. The van der Waals surface area contributed by atoms with E-state index < -0.39 is 0 Å². The van der Waals surface area contributed by atoms with Crippen LogP contribution in [0.3, 0.4) is 0 Å². The third-order valence-corrected chi connectivity index (χ3v) is 4.75. The van der Waals surface area contributed by atoms with E-state index in [2.05, 4.69) is 15.3 Å². The van der Waals surface area contributed by atoms with Crippen molar-refractivity contribution in [3.63, 3.8) is 0 Å². The van der Waals surface area contributed by atoms with Gasteiger partial charge in [-0.3, -0.25) is 5.10 Å². The van der Waals surface area contributed by atoms with Crippen molar-refractivity contribution in [2.45, 2.75) is 58.0 Å². The van der Waals surface area contributed by atoms with Crippen LogP contribution in [0.5, 0.6) is 0 Å². The summed E-state index contributed by atoms with van der Waals surface area (Å²) in [5, 5.41) is 11.8. The number of H-pyrrole nitrogens is 1. The monoisotopic (exact) mass is 372 g/mol. The van der Waals surface area contributed by atoms with Crippen molar-refractivity contribution in [1.29, 1.82) is 0 Å². The zero-order valence-corrected chi connectivity index (χ0v) is 16.0. The van der Waals surface area contributed by atoms with E-state index in [-0.39, 0.29) is 12.1 Å². The van der Waals surface area contributed by atoms with Crippen LogP contribution in [0.1, 0.15) is 73.6 Å². The fraction of sp³-hybridized carbons (Fsp3) is 0.474. The summed E-state index contributed by atoms with van der Waals surface area (Å²) in [5.41, 5.74) is 1.18. The summed E-state index contributed by atoms with van der Waals surface area (Å²) < 4.78 is 7.45. The number of carbonyl (C=O) groups excluding carboxylic acids is 1. The second kappa shape index (κ2) is 8.40. The average molecular weight is 372 g/mol. The van der Waals surface area contributed by atoms with E-state index in [1.807, 2.05) is 32.0 Å². The third-order valence-electron chi connectivity index (χ3n) is 4.48. The van der Waals surface area contributed by atoms with Crippen LogP contribution in [0.15, 0.2) is 29.4 Å². The third kappa shape index (κ3) is 4.27. The van der Waals surface area contributed by atoms with Gasteiger partial charge in [-0.1, -0.05) is 37.5 Å². The molecule has 1 aliphatic rings. The number of aromatic nitrogens is 3. The molecule has 0 radical (unpaired) electrons. The van der Waals surface area contributed by atoms with E-state index in [4.69, 9.17) is 17.0 Å². The minimum Gasteiger partial charge on any atom is -0.459 e. The molecule has 0 aliphatic heterocycles. The molecule has 138 valence electrons. The van der Waals surface area contributed by atoms with Crippen molar-refractivity contribution >= 4 is 24.4 Å². The number of benzene rings is 1. The van der Waals surface area contributed by atoms with Gasteiger partial charge in [0.1, 0.15) is 0 Å². The quantitative estimate of drug-likeness (QED) is 0.478. The highest BCUT2D eigenvalue weighted by Crippen LogP contribution is 2.31. The van der Waals surface area contributed by atoms with Crippen molar-refractivity contribution in [3.05, 3.63) is 46.0 Å². The van der Waals surface area contributed by atoms with E-state index in [1.165, 1.54) is 19.3 Å². The van der Waals surface area contributed by atoms with Gasteiger partial charge in [-0.25, -0.2) is 4.79 Å². The van der Waals surface area contributed by atoms with Crippen molar-refractivity contribution in [3.8, 4) is 0 Å². The predicted molar refractivity (Wildman–Crippen MR) is 103 cm³/mol. The summed E-state index contributed by atoms with van der Waals surface area (Å²) in [6, 6.07) is 7.25. The Hall–Kier alpha value is -2.28. The molecule has 1 aromatic heterocycles. The van der Waals surface area contributed by atoms with Crippen molar-refractivity contribution < 1.29 is 9.53 Å². The van der Waals surface area contributed by atoms with Crippen molar-refractivity contribution in [2.75, 3.05) is 0 Å². The lowest BCUT2D eigenvalue weighted by molar-refractivity contribution is 0.0378. The molecule has 0 spiro atoms. The molecule has 6 nitrogen and oxygen atoms in total. The molecule has 0 unspecified atom stereocenters. The largest absolute Gasteiger partial charge is 0.459 e. The number of hydrogen-bond donors (Lipinski definition) is 1. The van der Waals surface area contributed by atoms with E-state index in [9.17, 15) is 4.79 Å². The highest BCUT2D eigenvalue weighted by molar-refractivity contribution is 7.71. The topological polar surface area (TPSA) is 72.3 Å². The van der Waals surface area contributed by atoms with E-state index >= 15 is 0 Å². The van der Waals surface area contributed by atoms with Gasteiger partial charge in [0.2, 0.25) is 4.77 Å². The SMILES string of the molecule is CC(C)OC(=O)c1ccccc1/C=N\n1c(C2CCCCC2)n[nH]c1=S. The summed E-state index contributed by atoms with van der Waals surface area (Å²) in [7, 11) is 0. The molecular formula is C19H24N4O2S. The molecule has 26 heavy (non-hydrogen) atoms. The Bertz CT molecular complexity index is 847. The minimum absolute atomic E-state index is 0.173. The molecule has 0 amide bonds. The van der Waals surface area contributed by atoms with Crippen LogP contribution in [0.25, 0.3) is 0 Å².